The molecule has 0 bridgehead atoms. The summed E-state index contributed by atoms with van der Waals surface area (Å²) in [5, 5.41) is 14.6. The number of anilines is 1. The predicted molar refractivity (Wildman–Crippen MR) is 139 cm³/mol. The van der Waals surface area contributed by atoms with Crippen molar-refractivity contribution in [1.29, 1.82) is 0 Å². The summed E-state index contributed by atoms with van der Waals surface area (Å²) in [5.74, 6) is 1.28. The smallest absolute Gasteiger partial charge is 0.251 e. The molecule has 3 aromatic rings. The number of halogens is 1. The average Bonchev–Trinajstić information content (AvgIpc) is 3.23. The standard InChI is InChI=1S/C23H24IN5O4S/c1-4-11-29-20(13-25-22(31)15-5-10-18(32-2)19(12-15)33-3)27-28-23(29)34-14-21(30)26-17-8-6-16(24)7-9-17/h4-10,12H,1,11,13-14H2,2-3H3,(H,25,31)(H,26,30). The van der Waals surface area contributed by atoms with Gasteiger partial charge in [0.2, 0.25) is 5.91 Å². The van der Waals surface area contributed by atoms with Crippen LogP contribution in [0.4, 0.5) is 5.69 Å². The molecule has 11 heteroatoms. The van der Waals surface area contributed by atoms with Gasteiger partial charge in [-0.05, 0) is 65.1 Å². The zero-order valence-corrected chi connectivity index (χ0v) is 21.7. The van der Waals surface area contributed by atoms with E-state index in [1.807, 2.05) is 28.8 Å². The Morgan fingerprint density at radius 1 is 1.12 bits per heavy atom. The maximum Gasteiger partial charge on any atom is 0.251 e. The highest BCUT2D eigenvalue weighted by Gasteiger charge is 2.16. The van der Waals surface area contributed by atoms with Crippen LogP contribution in [0, 0.1) is 3.57 Å². The van der Waals surface area contributed by atoms with Crippen LogP contribution >= 0.6 is 34.4 Å². The largest absolute Gasteiger partial charge is 0.493 e. The van der Waals surface area contributed by atoms with Crippen molar-refractivity contribution in [3.63, 3.8) is 0 Å². The van der Waals surface area contributed by atoms with Crippen LogP contribution in [0.15, 0.2) is 60.3 Å². The first-order valence-electron chi connectivity index (χ1n) is 10.2. The number of carbonyl (C=O) groups excluding carboxylic acids is 2. The number of allylic oxidation sites excluding steroid dienone is 1. The van der Waals surface area contributed by atoms with Gasteiger partial charge in [-0.1, -0.05) is 17.8 Å². The van der Waals surface area contributed by atoms with Gasteiger partial charge in [-0.25, -0.2) is 0 Å². The predicted octanol–water partition coefficient (Wildman–Crippen LogP) is 3.75. The van der Waals surface area contributed by atoms with E-state index >= 15 is 0 Å². The molecule has 2 aromatic carbocycles. The van der Waals surface area contributed by atoms with E-state index in [2.05, 4.69) is 50.0 Å². The Balaban J connectivity index is 1.62. The summed E-state index contributed by atoms with van der Waals surface area (Å²) >= 11 is 3.47. The number of aromatic nitrogens is 3. The second-order valence-electron chi connectivity index (χ2n) is 6.89. The quantitative estimate of drug-likeness (QED) is 0.198. The van der Waals surface area contributed by atoms with Crippen LogP contribution in [0.25, 0.3) is 0 Å². The fraction of sp³-hybridized carbons (Fsp3) is 0.217. The number of methoxy groups -OCH3 is 2. The maximum atomic E-state index is 12.6. The minimum Gasteiger partial charge on any atom is -0.493 e. The Labute approximate surface area is 215 Å². The number of ether oxygens (including phenoxy) is 2. The van der Waals surface area contributed by atoms with Gasteiger partial charge in [-0.15, -0.1) is 16.8 Å². The van der Waals surface area contributed by atoms with Crippen LogP contribution in [0.3, 0.4) is 0 Å². The van der Waals surface area contributed by atoms with Crippen molar-refractivity contribution in [3.8, 4) is 11.5 Å². The van der Waals surface area contributed by atoms with E-state index in [4.69, 9.17) is 9.47 Å². The second-order valence-corrected chi connectivity index (χ2v) is 9.08. The zero-order chi connectivity index (χ0) is 24.5. The Morgan fingerprint density at radius 2 is 1.85 bits per heavy atom. The molecule has 1 aromatic heterocycles. The minimum absolute atomic E-state index is 0.150. The molecule has 0 spiro atoms. The summed E-state index contributed by atoms with van der Waals surface area (Å²) < 4.78 is 13.4. The SMILES string of the molecule is C=CCn1c(CNC(=O)c2ccc(OC)c(OC)c2)nnc1SCC(=O)Nc1ccc(I)cc1. The lowest BCUT2D eigenvalue weighted by molar-refractivity contribution is -0.113. The third-order valence-corrected chi connectivity index (χ3v) is 6.30. The van der Waals surface area contributed by atoms with Crippen LogP contribution in [-0.2, 0) is 17.9 Å². The van der Waals surface area contributed by atoms with E-state index < -0.39 is 0 Å². The van der Waals surface area contributed by atoms with Crippen LogP contribution in [0.5, 0.6) is 11.5 Å². The highest BCUT2D eigenvalue weighted by molar-refractivity contribution is 14.1. The summed E-state index contributed by atoms with van der Waals surface area (Å²) in [6.45, 7) is 4.37. The zero-order valence-electron chi connectivity index (χ0n) is 18.7. The van der Waals surface area contributed by atoms with Crippen molar-refractivity contribution in [3.05, 3.63) is 70.1 Å². The fourth-order valence-electron chi connectivity index (χ4n) is 2.97. The van der Waals surface area contributed by atoms with Crippen molar-refractivity contribution in [2.45, 2.75) is 18.2 Å². The van der Waals surface area contributed by atoms with Crippen LogP contribution < -0.4 is 20.1 Å². The maximum absolute atomic E-state index is 12.6. The van der Waals surface area contributed by atoms with Gasteiger partial charge in [0.25, 0.3) is 5.91 Å². The number of carbonyl (C=O) groups is 2. The molecule has 2 amide bonds. The monoisotopic (exact) mass is 593 g/mol. The summed E-state index contributed by atoms with van der Waals surface area (Å²) in [5.41, 5.74) is 1.16. The molecule has 0 radical (unpaired) electrons. The van der Waals surface area contributed by atoms with Crippen molar-refractivity contribution in [2.75, 3.05) is 25.3 Å². The number of amides is 2. The molecule has 0 saturated carbocycles. The molecule has 178 valence electrons. The van der Waals surface area contributed by atoms with Gasteiger partial charge in [0.05, 0.1) is 26.5 Å². The molecule has 0 saturated heterocycles. The van der Waals surface area contributed by atoms with Gasteiger partial charge in [0.15, 0.2) is 22.5 Å². The number of hydrogen-bond acceptors (Lipinski definition) is 7. The first kappa shape index (κ1) is 25.6. The molecule has 0 unspecified atom stereocenters. The molecule has 0 aliphatic rings. The molecule has 3 rings (SSSR count). The van der Waals surface area contributed by atoms with Crippen LogP contribution in [0.1, 0.15) is 16.2 Å². The fourth-order valence-corrected chi connectivity index (χ4v) is 4.09. The van der Waals surface area contributed by atoms with E-state index in [1.165, 1.54) is 26.0 Å². The van der Waals surface area contributed by atoms with Crippen molar-refractivity contribution < 1.29 is 19.1 Å². The van der Waals surface area contributed by atoms with Gasteiger partial charge >= 0.3 is 0 Å². The molecule has 1 heterocycles. The lowest BCUT2D eigenvalue weighted by Crippen LogP contribution is -2.25. The van der Waals surface area contributed by atoms with E-state index in [0.29, 0.717) is 34.6 Å². The molecule has 0 atom stereocenters. The highest BCUT2D eigenvalue weighted by Crippen LogP contribution is 2.27. The first-order valence-corrected chi connectivity index (χ1v) is 12.2. The topological polar surface area (TPSA) is 107 Å². The van der Waals surface area contributed by atoms with Gasteiger partial charge in [-0.2, -0.15) is 0 Å². The second kappa shape index (κ2) is 12.4. The number of hydrogen-bond donors (Lipinski definition) is 2. The van der Waals surface area contributed by atoms with Gasteiger partial charge < -0.3 is 24.7 Å². The number of benzene rings is 2. The third-order valence-electron chi connectivity index (χ3n) is 4.62. The molecule has 2 N–H and O–H groups in total. The molecule has 0 aliphatic heterocycles. The van der Waals surface area contributed by atoms with Gasteiger partial charge in [0, 0.05) is 21.4 Å². The van der Waals surface area contributed by atoms with Crippen molar-refractivity contribution in [1.82, 2.24) is 20.1 Å². The lowest BCUT2D eigenvalue weighted by atomic mass is 10.2. The number of thioether (sulfide) groups is 1. The Kier molecular flexibility index (Phi) is 9.33. The molecule has 9 nitrogen and oxygen atoms in total. The molecular weight excluding hydrogens is 569 g/mol. The summed E-state index contributed by atoms with van der Waals surface area (Å²) in [6, 6.07) is 12.5. The normalized spacial score (nSPS) is 10.4. The van der Waals surface area contributed by atoms with Crippen molar-refractivity contribution >= 4 is 51.9 Å². The van der Waals surface area contributed by atoms with Gasteiger partial charge in [0.1, 0.15) is 0 Å². The van der Waals surface area contributed by atoms with E-state index in [1.54, 1.807) is 24.3 Å². The van der Waals surface area contributed by atoms with Crippen molar-refractivity contribution in [2.24, 2.45) is 0 Å². The average molecular weight is 593 g/mol. The van der Waals surface area contributed by atoms with Crippen LogP contribution in [-0.4, -0.2) is 46.6 Å². The minimum atomic E-state index is -0.291. The molecular formula is C23H24IN5O4S. The lowest BCUT2D eigenvalue weighted by Gasteiger charge is -2.11. The van der Waals surface area contributed by atoms with Gasteiger partial charge in [-0.3, -0.25) is 9.59 Å². The number of nitrogens with one attached hydrogen (secondary N) is 2. The van der Waals surface area contributed by atoms with E-state index in [9.17, 15) is 9.59 Å². The molecule has 0 aliphatic carbocycles. The third kappa shape index (κ3) is 6.73. The molecule has 34 heavy (non-hydrogen) atoms. The summed E-state index contributed by atoms with van der Waals surface area (Å²) in [6.07, 6.45) is 1.71. The first-order chi connectivity index (χ1) is 16.4. The van der Waals surface area contributed by atoms with E-state index in [0.717, 1.165) is 9.26 Å². The van der Waals surface area contributed by atoms with Crippen LogP contribution in [0.2, 0.25) is 0 Å². The number of rotatable bonds is 11. The summed E-state index contributed by atoms with van der Waals surface area (Å²) in [4.78, 5) is 25.0. The Morgan fingerprint density at radius 3 is 2.53 bits per heavy atom. The Bertz CT molecular complexity index is 1170. The summed E-state index contributed by atoms with van der Waals surface area (Å²) in [7, 11) is 3.04. The van der Waals surface area contributed by atoms with E-state index in [-0.39, 0.29) is 24.1 Å². The highest BCUT2D eigenvalue weighted by atomic mass is 127. The molecule has 0 fully saturated rings. The number of nitrogens with zero attached hydrogens (tertiary/aromatic N) is 3. The Hall–Kier alpha value is -3.06.